The second kappa shape index (κ2) is 7.66. The van der Waals surface area contributed by atoms with E-state index in [1.54, 1.807) is 6.07 Å². The van der Waals surface area contributed by atoms with Crippen molar-refractivity contribution in [2.75, 3.05) is 30.8 Å². The minimum Gasteiger partial charge on any atom is -0.486 e. The van der Waals surface area contributed by atoms with Crippen LogP contribution in [0.5, 0.6) is 11.5 Å². The number of anilines is 1. The standard InChI is InChI=1S/C18H19ClN2O5S/c1-21(27(2,23)24)12-7-8-14(15(19)9-12)18(22)20-10-13-11-25-16-5-3-4-6-17(16)26-13/h3-9,13H,10-11H2,1-2H3,(H,20,22)/t13-/m1/s1. The van der Waals surface area contributed by atoms with Crippen molar-refractivity contribution < 1.29 is 22.7 Å². The summed E-state index contributed by atoms with van der Waals surface area (Å²) in [6.07, 6.45) is 0.768. The second-order valence-electron chi connectivity index (χ2n) is 6.10. The van der Waals surface area contributed by atoms with Crippen molar-refractivity contribution >= 4 is 33.2 Å². The summed E-state index contributed by atoms with van der Waals surface area (Å²) in [4.78, 5) is 12.4. The molecule has 0 radical (unpaired) electrons. The number of nitrogens with one attached hydrogen (secondary N) is 1. The summed E-state index contributed by atoms with van der Waals surface area (Å²) >= 11 is 6.17. The van der Waals surface area contributed by atoms with Crippen LogP contribution in [-0.4, -0.2) is 46.9 Å². The van der Waals surface area contributed by atoms with Crippen LogP contribution in [0.3, 0.4) is 0 Å². The molecule has 2 aromatic rings. The van der Waals surface area contributed by atoms with Crippen molar-refractivity contribution in [2.45, 2.75) is 6.10 Å². The zero-order valence-corrected chi connectivity index (χ0v) is 16.4. The summed E-state index contributed by atoms with van der Waals surface area (Å²) in [5, 5.41) is 2.92. The fraction of sp³-hybridized carbons (Fsp3) is 0.278. The number of sulfonamides is 1. The SMILES string of the molecule is CN(c1ccc(C(=O)NC[C@@H]2COc3ccccc3O2)c(Cl)c1)S(C)(=O)=O. The van der Waals surface area contributed by atoms with Gasteiger partial charge >= 0.3 is 0 Å². The zero-order valence-electron chi connectivity index (χ0n) is 14.8. The normalized spacial score (nSPS) is 15.9. The van der Waals surface area contributed by atoms with Crippen LogP contribution in [-0.2, 0) is 10.0 Å². The molecule has 0 bridgehead atoms. The van der Waals surface area contributed by atoms with E-state index < -0.39 is 10.0 Å². The lowest BCUT2D eigenvalue weighted by Gasteiger charge is -2.26. The molecule has 1 heterocycles. The van der Waals surface area contributed by atoms with Crippen LogP contribution in [0.1, 0.15) is 10.4 Å². The minimum absolute atomic E-state index is 0.159. The van der Waals surface area contributed by atoms with Crippen molar-refractivity contribution in [3.63, 3.8) is 0 Å². The average molecular weight is 411 g/mol. The summed E-state index contributed by atoms with van der Waals surface area (Å²) in [6.45, 7) is 0.567. The molecule has 3 rings (SSSR count). The predicted molar refractivity (Wildman–Crippen MR) is 103 cm³/mol. The first-order chi connectivity index (χ1) is 12.8. The molecule has 0 unspecified atom stereocenters. The van der Waals surface area contributed by atoms with Gasteiger partial charge in [0.1, 0.15) is 12.7 Å². The van der Waals surface area contributed by atoms with Crippen molar-refractivity contribution in [1.29, 1.82) is 0 Å². The number of hydrogen-bond donors (Lipinski definition) is 1. The third kappa shape index (κ3) is 4.45. The first-order valence-corrected chi connectivity index (χ1v) is 10.4. The van der Waals surface area contributed by atoms with Gasteiger partial charge in [0, 0.05) is 7.05 Å². The molecule has 9 heteroatoms. The van der Waals surface area contributed by atoms with Gasteiger partial charge in [-0.1, -0.05) is 23.7 Å². The predicted octanol–water partition coefficient (Wildman–Crippen LogP) is 2.31. The second-order valence-corrected chi connectivity index (χ2v) is 8.52. The third-order valence-corrected chi connectivity index (χ3v) is 5.63. The molecule has 0 aliphatic carbocycles. The van der Waals surface area contributed by atoms with E-state index in [4.69, 9.17) is 21.1 Å². The number of para-hydroxylation sites is 2. The molecule has 1 atom stereocenters. The Balaban J connectivity index is 1.63. The molecule has 1 amide bonds. The summed E-state index contributed by atoms with van der Waals surface area (Å²) in [5.74, 6) is 0.930. The Morgan fingerprint density at radius 3 is 2.63 bits per heavy atom. The van der Waals surface area contributed by atoms with Crippen LogP contribution < -0.4 is 19.1 Å². The lowest BCUT2D eigenvalue weighted by atomic mass is 10.2. The molecule has 1 N–H and O–H groups in total. The summed E-state index contributed by atoms with van der Waals surface area (Å²) in [6, 6.07) is 11.8. The van der Waals surface area contributed by atoms with Crippen LogP contribution in [0.15, 0.2) is 42.5 Å². The highest BCUT2D eigenvalue weighted by molar-refractivity contribution is 7.92. The Kier molecular flexibility index (Phi) is 5.48. The van der Waals surface area contributed by atoms with E-state index in [-0.39, 0.29) is 29.1 Å². The van der Waals surface area contributed by atoms with Gasteiger partial charge in [0.15, 0.2) is 11.5 Å². The molecule has 144 valence electrons. The smallest absolute Gasteiger partial charge is 0.252 e. The Bertz CT molecular complexity index is 964. The first-order valence-electron chi connectivity index (χ1n) is 8.16. The average Bonchev–Trinajstić information content (AvgIpc) is 2.64. The summed E-state index contributed by atoms with van der Waals surface area (Å²) in [5.41, 5.74) is 0.624. The molecular formula is C18H19ClN2O5S. The van der Waals surface area contributed by atoms with Gasteiger partial charge in [-0.15, -0.1) is 0 Å². The fourth-order valence-corrected chi connectivity index (χ4v) is 3.30. The third-order valence-electron chi connectivity index (χ3n) is 4.12. The molecular weight excluding hydrogens is 392 g/mol. The van der Waals surface area contributed by atoms with Gasteiger partial charge < -0.3 is 14.8 Å². The highest BCUT2D eigenvalue weighted by Crippen LogP contribution is 2.30. The van der Waals surface area contributed by atoms with E-state index in [9.17, 15) is 13.2 Å². The van der Waals surface area contributed by atoms with E-state index in [1.165, 1.54) is 25.2 Å². The monoisotopic (exact) mass is 410 g/mol. The molecule has 1 aliphatic heterocycles. The molecule has 2 aromatic carbocycles. The quantitative estimate of drug-likeness (QED) is 0.817. The maximum atomic E-state index is 12.4. The molecule has 0 fully saturated rings. The molecule has 1 aliphatic rings. The summed E-state index contributed by atoms with van der Waals surface area (Å²) < 4.78 is 35.7. The maximum absolute atomic E-state index is 12.4. The van der Waals surface area contributed by atoms with Crippen molar-refractivity contribution in [3.8, 4) is 11.5 Å². The molecule has 27 heavy (non-hydrogen) atoms. The van der Waals surface area contributed by atoms with E-state index >= 15 is 0 Å². The highest BCUT2D eigenvalue weighted by atomic mass is 35.5. The van der Waals surface area contributed by atoms with Crippen molar-refractivity contribution in [3.05, 3.63) is 53.1 Å². The number of amides is 1. The number of benzene rings is 2. The van der Waals surface area contributed by atoms with E-state index in [0.717, 1.165) is 10.6 Å². The molecule has 0 aromatic heterocycles. The lowest BCUT2D eigenvalue weighted by molar-refractivity contribution is 0.0789. The minimum atomic E-state index is -3.41. The number of rotatable bonds is 5. The Labute approximate surface area is 162 Å². The molecule has 7 nitrogen and oxygen atoms in total. The number of nitrogens with zero attached hydrogens (tertiary/aromatic N) is 1. The number of ether oxygens (including phenoxy) is 2. The highest BCUT2D eigenvalue weighted by Gasteiger charge is 2.22. The van der Waals surface area contributed by atoms with E-state index in [1.807, 2.05) is 18.2 Å². The first kappa shape index (κ1) is 19.3. The molecule has 0 saturated carbocycles. The maximum Gasteiger partial charge on any atom is 0.252 e. The van der Waals surface area contributed by atoms with Gasteiger partial charge in [0.05, 0.1) is 29.1 Å². The van der Waals surface area contributed by atoms with Crippen LogP contribution in [0.4, 0.5) is 5.69 Å². The topological polar surface area (TPSA) is 84.9 Å². The van der Waals surface area contributed by atoms with Crippen molar-refractivity contribution in [1.82, 2.24) is 5.32 Å². The Hall–Kier alpha value is -2.45. The van der Waals surface area contributed by atoms with Gasteiger partial charge in [-0.3, -0.25) is 9.10 Å². The number of hydrogen-bond acceptors (Lipinski definition) is 5. The van der Waals surface area contributed by atoms with Gasteiger partial charge in [-0.2, -0.15) is 0 Å². The number of fused-ring (bicyclic) bond motifs is 1. The van der Waals surface area contributed by atoms with E-state index in [0.29, 0.717) is 23.8 Å². The number of carbonyl (C=O) groups is 1. The van der Waals surface area contributed by atoms with Crippen LogP contribution in [0.25, 0.3) is 0 Å². The van der Waals surface area contributed by atoms with Gasteiger partial charge in [-0.05, 0) is 30.3 Å². The van der Waals surface area contributed by atoms with Gasteiger partial charge in [-0.25, -0.2) is 8.42 Å². The zero-order chi connectivity index (χ0) is 19.6. The van der Waals surface area contributed by atoms with Crippen molar-refractivity contribution in [2.24, 2.45) is 0 Å². The van der Waals surface area contributed by atoms with Crippen LogP contribution >= 0.6 is 11.6 Å². The molecule has 0 saturated heterocycles. The van der Waals surface area contributed by atoms with Gasteiger partial charge in [0.2, 0.25) is 10.0 Å². The number of carbonyl (C=O) groups excluding carboxylic acids is 1. The number of halogens is 1. The fourth-order valence-electron chi connectivity index (χ4n) is 2.54. The Morgan fingerprint density at radius 1 is 1.26 bits per heavy atom. The Morgan fingerprint density at radius 2 is 1.96 bits per heavy atom. The van der Waals surface area contributed by atoms with Crippen LogP contribution in [0, 0.1) is 0 Å². The molecule has 0 spiro atoms. The summed E-state index contributed by atoms with van der Waals surface area (Å²) in [7, 11) is -2.00. The van der Waals surface area contributed by atoms with E-state index in [2.05, 4.69) is 5.32 Å². The van der Waals surface area contributed by atoms with Crippen LogP contribution in [0.2, 0.25) is 5.02 Å². The lowest BCUT2D eigenvalue weighted by Crippen LogP contribution is -2.40. The van der Waals surface area contributed by atoms with Gasteiger partial charge in [0.25, 0.3) is 5.91 Å². The largest absolute Gasteiger partial charge is 0.486 e.